The molecule has 5 heteroatoms. The number of anilines is 1. The van der Waals surface area contributed by atoms with Gasteiger partial charge in [0.25, 0.3) is 5.91 Å². The molecule has 0 atom stereocenters. The Morgan fingerprint density at radius 1 is 1.43 bits per heavy atom. The van der Waals surface area contributed by atoms with E-state index in [1.807, 2.05) is 25.1 Å². The molecule has 4 nitrogen and oxygen atoms in total. The van der Waals surface area contributed by atoms with Crippen molar-refractivity contribution in [3.63, 3.8) is 0 Å². The van der Waals surface area contributed by atoms with E-state index < -0.39 is 5.91 Å². The molecule has 0 saturated heterocycles. The van der Waals surface area contributed by atoms with Crippen molar-refractivity contribution in [1.29, 1.82) is 0 Å². The number of hydrogen-bond donors (Lipinski definition) is 3. The molecule has 0 fully saturated rings. The Hall–Kier alpha value is -1.46. The van der Waals surface area contributed by atoms with Crippen LogP contribution in [-0.2, 0) is 4.79 Å². The molecule has 0 aliphatic heterocycles. The van der Waals surface area contributed by atoms with Crippen LogP contribution in [0.3, 0.4) is 0 Å². The van der Waals surface area contributed by atoms with Crippen LogP contribution in [0.25, 0.3) is 0 Å². The van der Waals surface area contributed by atoms with E-state index in [0.717, 1.165) is 11.3 Å². The Balaban J connectivity index is 2.75. The highest BCUT2D eigenvalue weighted by Crippen LogP contribution is 2.12. The molecule has 1 aromatic carbocycles. The number of aryl methyl sites for hydroxylation is 1. The molecule has 0 bridgehead atoms. The highest BCUT2D eigenvalue weighted by atomic mass is 32.1. The predicted molar refractivity (Wildman–Crippen MR) is 59.7 cm³/mol. The molecule has 0 saturated carbocycles. The fourth-order valence-electron chi connectivity index (χ4n) is 0.958. The molecule has 0 unspecified atom stereocenters. The van der Waals surface area contributed by atoms with Crippen LogP contribution >= 0.6 is 12.2 Å². The summed E-state index contributed by atoms with van der Waals surface area (Å²) >= 11 is 4.67. The van der Waals surface area contributed by atoms with Crippen molar-refractivity contribution in [3.8, 4) is 0 Å². The molecule has 14 heavy (non-hydrogen) atoms. The largest absolute Gasteiger partial charge is 0.320 e. The van der Waals surface area contributed by atoms with E-state index in [9.17, 15) is 4.79 Å². The Morgan fingerprint density at radius 2 is 2.07 bits per heavy atom. The van der Waals surface area contributed by atoms with Gasteiger partial charge in [0.2, 0.25) is 0 Å². The van der Waals surface area contributed by atoms with Gasteiger partial charge in [-0.2, -0.15) is 0 Å². The minimum atomic E-state index is -0.406. The van der Waals surface area contributed by atoms with Gasteiger partial charge in [-0.25, -0.2) is 5.84 Å². The minimum Gasteiger partial charge on any atom is -0.320 e. The van der Waals surface area contributed by atoms with E-state index in [1.54, 1.807) is 6.07 Å². The van der Waals surface area contributed by atoms with Gasteiger partial charge < -0.3 is 10.7 Å². The van der Waals surface area contributed by atoms with Gasteiger partial charge in [-0.15, -0.1) is 0 Å². The number of carbonyl (C=O) groups excluding carboxylic acids is 1. The molecule has 4 N–H and O–H groups in total. The molecule has 0 aromatic heterocycles. The third-order valence-electron chi connectivity index (χ3n) is 1.73. The van der Waals surface area contributed by atoms with Crippen molar-refractivity contribution in [3.05, 3.63) is 29.8 Å². The molecular weight excluding hydrogens is 198 g/mol. The fraction of sp³-hybridized carbons (Fsp3) is 0.111. The SMILES string of the molecule is Cc1ccccc1NC(=O)C(=S)NN. The molecule has 74 valence electrons. The molecule has 0 heterocycles. The molecule has 0 spiro atoms. The zero-order chi connectivity index (χ0) is 10.6. The summed E-state index contributed by atoms with van der Waals surface area (Å²) in [7, 11) is 0. The summed E-state index contributed by atoms with van der Waals surface area (Å²) < 4.78 is 0. The molecule has 1 rings (SSSR count). The van der Waals surface area contributed by atoms with Gasteiger partial charge in [-0.05, 0) is 18.6 Å². The standard InChI is InChI=1S/C9H11N3OS/c1-6-4-2-3-5-7(6)11-8(13)9(14)12-10/h2-5H,10H2,1H3,(H,11,13)(H,12,14). The van der Waals surface area contributed by atoms with E-state index in [-0.39, 0.29) is 4.99 Å². The normalized spacial score (nSPS) is 9.29. The van der Waals surface area contributed by atoms with E-state index in [4.69, 9.17) is 5.84 Å². The summed E-state index contributed by atoms with van der Waals surface area (Å²) in [6.07, 6.45) is 0. The summed E-state index contributed by atoms with van der Waals surface area (Å²) in [5.74, 6) is 4.61. The first kappa shape index (κ1) is 10.6. The van der Waals surface area contributed by atoms with Gasteiger partial charge in [0.1, 0.15) is 0 Å². The number of rotatable bonds is 1. The van der Waals surface area contributed by atoms with Crippen molar-refractivity contribution in [2.75, 3.05) is 5.32 Å². The van der Waals surface area contributed by atoms with Crippen LogP contribution in [0.15, 0.2) is 24.3 Å². The monoisotopic (exact) mass is 209 g/mol. The van der Waals surface area contributed by atoms with E-state index in [0.29, 0.717) is 0 Å². The quantitative estimate of drug-likeness (QED) is 0.362. The average molecular weight is 209 g/mol. The lowest BCUT2D eigenvalue weighted by Crippen LogP contribution is -2.38. The Kier molecular flexibility index (Phi) is 3.55. The molecular formula is C9H11N3OS. The second-order valence-electron chi connectivity index (χ2n) is 2.74. The van der Waals surface area contributed by atoms with Crippen molar-refractivity contribution in [1.82, 2.24) is 5.43 Å². The highest BCUT2D eigenvalue weighted by molar-refractivity contribution is 7.82. The van der Waals surface area contributed by atoms with Crippen molar-refractivity contribution >= 4 is 28.8 Å². The zero-order valence-electron chi connectivity index (χ0n) is 7.70. The summed E-state index contributed by atoms with van der Waals surface area (Å²) in [5, 5.41) is 2.64. The number of carbonyl (C=O) groups is 1. The fourth-order valence-corrected chi connectivity index (χ4v) is 1.01. The zero-order valence-corrected chi connectivity index (χ0v) is 8.52. The van der Waals surface area contributed by atoms with E-state index in [2.05, 4.69) is 23.0 Å². The smallest absolute Gasteiger partial charge is 0.284 e. The lowest BCUT2D eigenvalue weighted by molar-refractivity contribution is -0.110. The maximum absolute atomic E-state index is 11.3. The van der Waals surface area contributed by atoms with Gasteiger partial charge in [-0.1, -0.05) is 30.4 Å². The number of thiocarbonyl (C=S) groups is 1. The van der Waals surface area contributed by atoms with Gasteiger partial charge in [0.05, 0.1) is 0 Å². The predicted octanol–water partition coefficient (Wildman–Crippen LogP) is 0.724. The number of hydrazine groups is 1. The van der Waals surface area contributed by atoms with Crippen molar-refractivity contribution < 1.29 is 4.79 Å². The van der Waals surface area contributed by atoms with Gasteiger partial charge in [0, 0.05) is 5.69 Å². The maximum Gasteiger partial charge on any atom is 0.284 e. The molecule has 1 amide bonds. The van der Waals surface area contributed by atoms with Gasteiger partial charge >= 0.3 is 0 Å². The minimum absolute atomic E-state index is 0.0340. The lowest BCUT2D eigenvalue weighted by atomic mass is 10.2. The summed E-state index contributed by atoms with van der Waals surface area (Å²) in [6, 6.07) is 7.42. The first-order valence-electron chi connectivity index (χ1n) is 4.02. The first-order valence-corrected chi connectivity index (χ1v) is 4.43. The second kappa shape index (κ2) is 4.69. The molecule has 1 aromatic rings. The van der Waals surface area contributed by atoms with Crippen LogP contribution in [0.2, 0.25) is 0 Å². The summed E-state index contributed by atoms with van der Waals surface area (Å²) in [5.41, 5.74) is 3.83. The van der Waals surface area contributed by atoms with Crippen LogP contribution in [0, 0.1) is 6.92 Å². The van der Waals surface area contributed by atoms with Crippen molar-refractivity contribution in [2.24, 2.45) is 5.84 Å². The summed E-state index contributed by atoms with van der Waals surface area (Å²) in [4.78, 5) is 11.3. The number of benzene rings is 1. The van der Waals surface area contributed by atoms with Crippen LogP contribution in [-0.4, -0.2) is 10.9 Å². The highest BCUT2D eigenvalue weighted by Gasteiger charge is 2.08. The van der Waals surface area contributed by atoms with Crippen LogP contribution < -0.4 is 16.6 Å². The first-order chi connectivity index (χ1) is 6.65. The molecule has 0 aliphatic rings. The number of amides is 1. The second-order valence-corrected chi connectivity index (χ2v) is 3.15. The number of nitrogens with two attached hydrogens (primary N) is 1. The van der Waals surface area contributed by atoms with Crippen molar-refractivity contribution in [2.45, 2.75) is 6.92 Å². The van der Waals surface area contributed by atoms with Crippen LogP contribution in [0.4, 0.5) is 5.69 Å². The van der Waals surface area contributed by atoms with E-state index in [1.165, 1.54) is 0 Å². The van der Waals surface area contributed by atoms with E-state index >= 15 is 0 Å². The number of nitrogens with one attached hydrogen (secondary N) is 2. The topological polar surface area (TPSA) is 67.2 Å². The number of para-hydroxylation sites is 1. The third-order valence-corrected chi connectivity index (χ3v) is 2.03. The Morgan fingerprint density at radius 3 is 2.64 bits per heavy atom. The third kappa shape index (κ3) is 2.51. The maximum atomic E-state index is 11.3. The Bertz CT molecular complexity index is 365. The number of hydrogen-bond acceptors (Lipinski definition) is 3. The van der Waals surface area contributed by atoms with Gasteiger partial charge in [0.15, 0.2) is 4.99 Å². The lowest BCUT2D eigenvalue weighted by Gasteiger charge is -2.07. The molecule has 0 radical (unpaired) electrons. The average Bonchev–Trinajstić information content (AvgIpc) is 2.20. The van der Waals surface area contributed by atoms with Crippen LogP contribution in [0.5, 0.6) is 0 Å². The molecule has 0 aliphatic carbocycles. The Labute approximate surface area is 87.5 Å². The summed E-state index contributed by atoms with van der Waals surface area (Å²) in [6.45, 7) is 1.90. The van der Waals surface area contributed by atoms with Crippen LogP contribution in [0.1, 0.15) is 5.56 Å². The van der Waals surface area contributed by atoms with Gasteiger partial charge in [-0.3, -0.25) is 4.79 Å².